The summed E-state index contributed by atoms with van der Waals surface area (Å²) in [6, 6.07) is 0.542. The van der Waals surface area contributed by atoms with Gasteiger partial charge in [0, 0.05) is 28.0 Å². The van der Waals surface area contributed by atoms with Crippen LogP contribution in [0.25, 0.3) is 0 Å². The molecule has 0 aromatic heterocycles. The second kappa shape index (κ2) is 5.80. The molecule has 2 rings (SSSR count). The first-order valence-corrected chi connectivity index (χ1v) is 8.12. The third-order valence-electron chi connectivity index (χ3n) is 3.69. The number of hydrogen-bond acceptors (Lipinski definition) is 4. The molecule has 15 heavy (non-hydrogen) atoms. The predicted molar refractivity (Wildman–Crippen MR) is 71.2 cm³/mol. The van der Waals surface area contributed by atoms with E-state index in [-0.39, 0.29) is 0 Å². The molecule has 0 radical (unpaired) electrons. The van der Waals surface area contributed by atoms with Gasteiger partial charge in [-0.25, -0.2) is 0 Å². The van der Waals surface area contributed by atoms with Crippen LogP contribution in [0.1, 0.15) is 32.6 Å². The van der Waals surface area contributed by atoms with Crippen LogP contribution in [0.15, 0.2) is 0 Å². The van der Waals surface area contributed by atoms with Crippen LogP contribution < -0.4 is 11.3 Å². The van der Waals surface area contributed by atoms with Crippen molar-refractivity contribution in [2.45, 2.75) is 49.1 Å². The van der Waals surface area contributed by atoms with Gasteiger partial charge in [-0.05, 0) is 18.8 Å². The van der Waals surface area contributed by atoms with Gasteiger partial charge in [-0.1, -0.05) is 19.8 Å². The number of rotatable bonds is 3. The minimum Gasteiger partial charge on any atom is -0.271 e. The molecule has 0 aromatic carbocycles. The zero-order valence-corrected chi connectivity index (χ0v) is 11.1. The molecule has 0 amide bonds. The normalized spacial score (nSPS) is 35.6. The van der Waals surface area contributed by atoms with Crippen molar-refractivity contribution in [1.29, 1.82) is 0 Å². The standard InChI is InChI=1S/C11H22N2S2/c1-8-11(15-7-6-14-8)10(13-12)9-4-2-3-5-9/h8-11,13H,2-7,12H2,1H3. The van der Waals surface area contributed by atoms with Gasteiger partial charge in [0.2, 0.25) is 0 Å². The van der Waals surface area contributed by atoms with Crippen LogP contribution in [0.4, 0.5) is 0 Å². The minimum atomic E-state index is 0.542. The molecule has 0 bridgehead atoms. The lowest BCUT2D eigenvalue weighted by atomic mass is 9.94. The number of thioether (sulfide) groups is 2. The Hall–Kier alpha value is 0.620. The van der Waals surface area contributed by atoms with Gasteiger partial charge in [0.1, 0.15) is 0 Å². The molecule has 2 aliphatic rings. The predicted octanol–water partition coefficient (Wildman–Crippen LogP) is 2.25. The Labute approximate surface area is 101 Å². The Morgan fingerprint density at radius 3 is 2.47 bits per heavy atom. The van der Waals surface area contributed by atoms with Crippen molar-refractivity contribution in [3.05, 3.63) is 0 Å². The summed E-state index contributed by atoms with van der Waals surface area (Å²) < 4.78 is 0. The highest BCUT2D eigenvalue weighted by Crippen LogP contribution is 2.38. The fourth-order valence-electron chi connectivity index (χ4n) is 2.86. The van der Waals surface area contributed by atoms with Gasteiger partial charge < -0.3 is 0 Å². The van der Waals surface area contributed by atoms with Crippen LogP contribution in [0.5, 0.6) is 0 Å². The van der Waals surface area contributed by atoms with Gasteiger partial charge >= 0.3 is 0 Å². The van der Waals surface area contributed by atoms with E-state index in [9.17, 15) is 0 Å². The molecule has 88 valence electrons. The lowest BCUT2D eigenvalue weighted by Crippen LogP contribution is -2.51. The Morgan fingerprint density at radius 1 is 1.20 bits per heavy atom. The quantitative estimate of drug-likeness (QED) is 0.592. The van der Waals surface area contributed by atoms with Crippen LogP contribution in [0.3, 0.4) is 0 Å². The number of hydrogen-bond donors (Lipinski definition) is 2. The highest BCUT2D eigenvalue weighted by Gasteiger charge is 2.35. The maximum Gasteiger partial charge on any atom is 0.0368 e. The van der Waals surface area contributed by atoms with E-state index in [1.54, 1.807) is 0 Å². The Bertz CT molecular complexity index is 195. The van der Waals surface area contributed by atoms with Crippen LogP contribution in [0.2, 0.25) is 0 Å². The largest absolute Gasteiger partial charge is 0.271 e. The van der Waals surface area contributed by atoms with Gasteiger partial charge in [0.15, 0.2) is 0 Å². The minimum absolute atomic E-state index is 0.542. The van der Waals surface area contributed by atoms with Crippen molar-refractivity contribution in [3.63, 3.8) is 0 Å². The van der Waals surface area contributed by atoms with Gasteiger partial charge in [0.25, 0.3) is 0 Å². The summed E-state index contributed by atoms with van der Waals surface area (Å²) in [5.74, 6) is 9.21. The highest BCUT2D eigenvalue weighted by atomic mass is 32.2. The van der Waals surface area contributed by atoms with E-state index in [1.807, 2.05) is 0 Å². The van der Waals surface area contributed by atoms with Crippen molar-refractivity contribution in [3.8, 4) is 0 Å². The Balaban J connectivity index is 1.97. The van der Waals surface area contributed by atoms with Gasteiger partial charge in [0.05, 0.1) is 0 Å². The average Bonchev–Trinajstić information content (AvgIpc) is 2.75. The second-order valence-corrected chi connectivity index (χ2v) is 7.42. The van der Waals surface area contributed by atoms with Gasteiger partial charge in [-0.15, -0.1) is 0 Å². The molecule has 1 heterocycles. The summed E-state index contributed by atoms with van der Waals surface area (Å²) in [6.07, 6.45) is 5.57. The highest BCUT2D eigenvalue weighted by molar-refractivity contribution is 8.07. The SMILES string of the molecule is CC1SCCSC1C(NN)C1CCCC1. The smallest absolute Gasteiger partial charge is 0.0368 e. The van der Waals surface area contributed by atoms with E-state index < -0.39 is 0 Å². The number of nitrogens with one attached hydrogen (secondary N) is 1. The zero-order chi connectivity index (χ0) is 10.7. The van der Waals surface area contributed by atoms with E-state index in [0.29, 0.717) is 6.04 Å². The van der Waals surface area contributed by atoms with E-state index in [2.05, 4.69) is 35.9 Å². The molecule has 1 aliphatic carbocycles. The molecule has 3 atom stereocenters. The monoisotopic (exact) mass is 246 g/mol. The molecule has 0 spiro atoms. The van der Waals surface area contributed by atoms with Crippen LogP contribution in [-0.4, -0.2) is 28.0 Å². The average molecular weight is 246 g/mol. The van der Waals surface area contributed by atoms with Crippen molar-refractivity contribution in [2.24, 2.45) is 11.8 Å². The third-order valence-corrected chi connectivity index (χ3v) is 6.91. The third kappa shape index (κ3) is 2.84. The summed E-state index contributed by atoms with van der Waals surface area (Å²) in [6.45, 7) is 2.36. The second-order valence-electron chi connectivity index (χ2n) is 4.65. The Morgan fingerprint density at radius 2 is 1.87 bits per heavy atom. The summed E-state index contributed by atoms with van der Waals surface area (Å²) in [5, 5.41) is 1.47. The fraction of sp³-hybridized carbons (Fsp3) is 1.00. The molecule has 2 nitrogen and oxygen atoms in total. The molecule has 3 N–H and O–H groups in total. The summed E-state index contributed by atoms with van der Waals surface area (Å²) in [4.78, 5) is 0. The fourth-order valence-corrected chi connectivity index (χ4v) is 5.88. The first-order valence-electron chi connectivity index (χ1n) is 6.02. The van der Waals surface area contributed by atoms with Crippen LogP contribution >= 0.6 is 23.5 Å². The molecule has 0 aromatic rings. The molecule has 1 saturated heterocycles. The van der Waals surface area contributed by atoms with Gasteiger partial charge in [-0.3, -0.25) is 11.3 Å². The number of hydrazine groups is 1. The molecule has 1 aliphatic heterocycles. The van der Waals surface area contributed by atoms with E-state index in [0.717, 1.165) is 16.4 Å². The maximum absolute atomic E-state index is 5.77. The van der Waals surface area contributed by atoms with Crippen molar-refractivity contribution in [2.75, 3.05) is 11.5 Å². The van der Waals surface area contributed by atoms with Crippen molar-refractivity contribution < 1.29 is 0 Å². The van der Waals surface area contributed by atoms with Crippen LogP contribution in [0, 0.1) is 5.92 Å². The lowest BCUT2D eigenvalue weighted by Gasteiger charge is -2.37. The van der Waals surface area contributed by atoms with Gasteiger partial charge in [-0.2, -0.15) is 23.5 Å². The first-order chi connectivity index (χ1) is 7.33. The Kier molecular flexibility index (Phi) is 4.68. The molecule has 1 saturated carbocycles. The molecule has 3 unspecified atom stereocenters. The van der Waals surface area contributed by atoms with Crippen molar-refractivity contribution >= 4 is 23.5 Å². The van der Waals surface area contributed by atoms with E-state index >= 15 is 0 Å². The van der Waals surface area contributed by atoms with E-state index in [4.69, 9.17) is 5.84 Å². The van der Waals surface area contributed by atoms with E-state index in [1.165, 1.54) is 37.2 Å². The molecular formula is C11H22N2S2. The summed E-state index contributed by atoms with van der Waals surface area (Å²) >= 11 is 4.24. The molecular weight excluding hydrogens is 224 g/mol. The first kappa shape index (κ1) is 12.1. The lowest BCUT2D eigenvalue weighted by molar-refractivity contribution is 0.352. The molecule has 2 fully saturated rings. The van der Waals surface area contributed by atoms with Crippen molar-refractivity contribution in [1.82, 2.24) is 5.43 Å². The summed E-state index contributed by atoms with van der Waals surface area (Å²) in [7, 11) is 0. The topological polar surface area (TPSA) is 38.0 Å². The zero-order valence-electron chi connectivity index (χ0n) is 9.45. The van der Waals surface area contributed by atoms with Crippen LogP contribution in [-0.2, 0) is 0 Å². The molecule has 4 heteroatoms. The maximum atomic E-state index is 5.77. The number of nitrogens with two attached hydrogens (primary N) is 1. The summed E-state index contributed by atoms with van der Waals surface area (Å²) in [5.41, 5.74) is 3.11.